The number of hydrogen-bond donors (Lipinski definition) is 1. The van der Waals surface area contributed by atoms with Gasteiger partial charge in [0.15, 0.2) is 0 Å². The van der Waals surface area contributed by atoms with Crippen molar-refractivity contribution >= 4 is 11.6 Å². The number of hydrogen-bond acceptors (Lipinski definition) is 1. The van der Waals surface area contributed by atoms with Crippen LogP contribution in [0, 0.1) is 0 Å². The molecule has 0 spiro atoms. The molecule has 66 valence electrons. The lowest BCUT2D eigenvalue weighted by Crippen LogP contribution is -2.15. The van der Waals surface area contributed by atoms with Gasteiger partial charge in [0.05, 0.1) is 0 Å². The van der Waals surface area contributed by atoms with E-state index in [0.29, 0.717) is 0 Å². The highest BCUT2D eigenvalue weighted by Gasteiger charge is 2.00. The number of rotatable bonds is 3. The van der Waals surface area contributed by atoms with Gasteiger partial charge < -0.3 is 5.73 Å². The smallest absolute Gasteiger partial charge is 0.0437 e. The summed E-state index contributed by atoms with van der Waals surface area (Å²) in [6.45, 7) is 2.01. The highest BCUT2D eigenvalue weighted by atomic mass is 35.5. The second-order valence-corrected chi connectivity index (χ2v) is 3.51. The summed E-state index contributed by atoms with van der Waals surface area (Å²) >= 11 is 5.97. The summed E-state index contributed by atoms with van der Waals surface area (Å²) in [4.78, 5) is 0. The Morgan fingerprint density at radius 2 is 2.08 bits per heavy atom. The summed E-state index contributed by atoms with van der Waals surface area (Å²) in [5.41, 5.74) is 6.84. The SMILES string of the molecule is C[C@H](N)CCc1ccccc1Cl. The monoisotopic (exact) mass is 183 g/mol. The molecule has 1 aromatic carbocycles. The predicted octanol–water partition coefficient (Wildman–Crippen LogP) is 2.62. The molecule has 0 aliphatic rings. The van der Waals surface area contributed by atoms with Crippen molar-refractivity contribution in [3.8, 4) is 0 Å². The third-order valence-electron chi connectivity index (χ3n) is 1.83. The van der Waals surface area contributed by atoms with Gasteiger partial charge in [-0.05, 0) is 31.4 Å². The lowest BCUT2D eigenvalue weighted by molar-refractivity contribution is 0.666. The Labute approximate surface area is 78.5 Å². The van der Waals surface area contributed by atoms with Crippen molar-refractivity contribution in [1.82, 2.24) is 0 Å². The maximum absolute atomic E-state index is 5.97. The van der Waals surface area contributed by atoms with Crippen molar-refractivity contribution < 1.29 is 0 Å². The second-order valence-electron chi connectivity index (χ2n) is 3.11. The first-order chi connectivity index (χ1) is 5.70. The predicted molar refractivity (Wildman–Crippen MR) is 53.4 cm³/mol. The fourth-order valence-electron chi connectivity index (χ4n) is 1.08. The molecule has 0 amide bonds. The zero-order chi connectivity index (χ0) is 8.97. The molecule has 0 heterocycles. The summed E-state index contributed by atoms with van der Waals surface area (Å²) in [5.74, 6) is 0. The van der Waals surface area contributed by atoms with Crippen molar-refractivity contribution in [2.45, 2.75) is 25.8 Å². The molecule has 0 saturated carbocycles. The van der Waals surface area contributed by atoms with Crippen LogP contribution in [0.2, 0.25) is 5.02 Å². The van der Waals surface area contributed by atoms with Gasteiger partial charge in [0.2, 0.25) is 0 Å². The maximum Gasteiger partial charge on any atom is 0.0437 e. The van der Waals surface area contributed by atoms with Gasteiger partial charge in [-0.15, -0.1) is 0 Å². The Hall–Kier alpha value is -0.530. The topological polar surface area (TPSA) is 26.0 Å². The summed E-state index contributed by atoms with van der Waals surface area (Å²) in [6, 6.07) is 8.16. The third-order valence-corrected chi connectivity index (χ3v) is 2.20. The van der Waals surface area contributed by atoms with Crippen molar-refractivity contribution in [2.24, 2.45) is 5.73 Å². The summed E-state index contributed by atoms with van der Waals surface area (Å²) in [7, 11) is 0. The standard InChI is InChI=1S/C10H14ClN/c1-8(12)6-7-9-4-2-3-5-10(9)11/h2-5,8H,6-7,12H2,1H3/t8-/m0/s1. The van der Waals surface area contributed by atoms with Crippen LogP contribution in [0.4, 0.5) is 0 Å². The zero-order valence-electron chi connectivity index (χ0n) is 7.26. The molecular formula is C10H14ClN. The molecule has 0 fully saturated rings. The van der Waals surface area contributed by atoms with Gasteiger partial charge in [-0.25, -0.2) is 0 Å². The van der Waals surface area contributed by atoms with Gasteiger partial charge in [0, 0.05) is 11.1 Å². The molecule has 1 nitrogen and oxygen atoms in total. The Morgan fingerprint density at radius 1 is 1.42 bits per heavy atom. The van der Waals surface area contributed by atoms with Crippen molar-refractivity contribution in [3.05, 3.63) is 34.9 Å². The highest BCUT2D eigenvalue weighted by Crippen LogP contribution is 2.16. The van der Waals surface area contributed by atoms with E-state index < -0.39 is 0 Å². The van der Waals surface area contributed by atoms with Crippen LogP contribution in [0.1, 0.15) is 18.9 Å². The van der Waals surface area contributed by atoms with Gasteiger partial charge in [-0.2, -0.15) is 0 Å². The average molecular weight is 184 g/mol. The van der Waals surface area contributed by atoms with Crippen LogP contribution < -0.4 is 5.73 Å². The van der Waals surface area contributed by atoms with Gasteiger partial charge >= 0.3 is 0 Å². The van der Waals surface area contributed by atoms with E-state index in [1.165, 1.54) is 5.56 Å². The van der Waals surface area contributed by atoms with Crippen LogP contribution in [0.5, 0.6) is 0 Å². The maximum atomic E-state index is 5.97. The summed E-state index contributed by atoms with van der Waals surface area (Å²) < 4.78 is 0. The van der Waals surface area contributed by atoms with Crippen molar-refractivity contribution in [1.29, 1.82) is 0 Å². The normalized spacial score (nSPS) is 12.9. The van der Waals surface area contributed by atoms with E-state index in [-0.39, 0.29) is 6.04 Å². The van der Waals surface area contributed by atoms with Crippen LogP contribution >= 0.6 is 11.6 Å². The van der Waals surface area contributed by atoms with Gasteiger partial charge in [-0.1, -0.05) is 29.8 Å². The highest BCUT2D eigenvalue weighted by molar-refractivity contribution is 6.31. The second kappa shape index (κ2) is 4.48. The molecule has 0 aliphatic carbocycles. The Kier molecular flexibility index (Phi) is 3.57. The van der Waals surface area contributed by atoms with E-state index in [4.69, 9.17) is 17.3 Å². The molecule has 1 rings (SSSR count). The Balaban J connectivity index is 2.57. The molecule has 0 aromatic heterocycles. The molecule has 0 saturated heterocycles. The number of nitrogens with two attached hydrogens (primary N) is 1. The molecule has 2 N–H and O–H groups in total. The number of benzene rings is 1. The van der Waals surface area contributed by atoms with Gasteiger partial charge in [-0.3, -0.25) is 0 Å². The van der Waals surface area contributed by atoms with Crippen LogP contribution in [-0.2, 0) is 6.42 Å². The lowest BCUT2D eigenvalue weighted by atomic mass is 10.1. The van der Waals surface area contributed by atoms with Crippen LogP contribution in [0.15, 0.2) is 24.3 Å². The van der Waals surface area contributed by atoms with E-state index >= 15 is 0 Å². The minimum atomic E-state index is 0.251. The van der Waals surface area contributed by atoms with E-state index in [1.807, 2.05) is 31.2 Å². The lowest BCUT2D eigenvalue weighted by Gasteiger charge is -2.05. The summed E-state index contributed by atoms with van der Waals surface area (Å²) in [5, 5.41) is 0.846. The van der Waals surface area contributed by atoms with E-state index in [2.05, 4.69) is 0 Å². The zero-order valence-corrected chi connectivity index (χ0v) is 8.01. The molecule has 1 aromatic rings. The van der Waals surface area contributed by atoms with Crippen LogP contribution in [-0.4, -0.2) is 6.04 Å². The third kappa shape index (κ3) is 2.84. The fraction of sp³-hybridized carbons (Fsp3) is 0.400. The molecule has 2 heteroatoms. The molecule has 1 atom stereocenters. The molecule has 0 bridgehead atoms. The van der Waals surface area contributed by atoms with Crippen LogP contribution in [0.3, 0.4) is 0 Å². The molecule has 0 unspecified atom stereocenters. The molecular weight excluding hydrogens is 170 g/mol. The van der Waals surface area contributed by atoms with Gasteiger partial charge in [0.25, 0.3) is 0 Å². The summed E-state index contributed by atoms with van der Waals surface area (Å²) in [6.07, 6.45) is 1.96. The van der Waals surface area contributed by atoms with Crippen LogP contribution in [0.25, 0.3) is 0 Å². The first-order valence-corrected chi connectivity index (χ1v) is 4.57. The van der Waals surface area contributed by atoms with Gasteiger partial charge in [0.1, 0.15) is 0 Å². The molecule has 0 aliphatic heterocycles. The largest absolute Gasteiger partial charge is 0.328 e. The fourth-order valence-corrected chi connectivity index (χ4v) is 1.31. The van der Waals surface area contributed by atoms with E-state index in [1.54, 1.807) is 0 Å². The molecule has 0 radical (unpaired) electrons. The van der Waals surface area contributed by atoms with Crippen molar-refractivity contribution in [3.63, 3.8) is 0 Å². The van der Waals surface area contributed by atoms with Crippen molar-refractivity contribution in [2.75, 3.05) is 0 Å². The first kappa shape index (κ1) is 9.56. The number of aryl methyl sites for hydroxylation is 1. The quantitative estimate of drug-likeness (QED) is 0.766. The molecule has 12 heavy (non-hydrogen) atoms. The minimum Gasteiger partial charge on any atom is -0.328 e. The van der Waals surface area contributed by atoms with E-state index in [9.17, 15) is 0 Å². The Bertz CT molecular complexity index is 245. The van der Waals surface area contributed by atoms with E-state index in [0.717, 1.165) is 17.9 Å². The Morgan fingerprint density at radius 3 is 2.67 bits per heavy atom. The average Bonchev–Trinajstić information content (AvgIpc) is 2.03. The first-order valence-electron chi connectivity index (χ1n) is 4.19. The number of halogens is 1. The minimum absolute atomic E-state index is 0.251.